The first-order chi connectivity index (χ1) is 8.01. The van der Waals surface area contributed by atoms with Crippen LogP contribution in [0.5, 0.6) is 0 Å². The Morgan fingerprint density at radius 3 is 2.41 bits per heavy atom. The van der Waals surface area contributed by atoms with E-state index in [0.717, 1.165) is 12.8 Å². The number of hydrogen-bond donors (Lipinski definition) is 2. The maximum absolute atomic E-state index is 12.2. The minimum absolute atomic E-state index is 0.00144. The van der Waals surface area contributed by atoms with E-state index >= 15 is 0 Å². The first-order valence-electron chi connectivity index (χ1n) is 6.78. The van der Waals surface area contributed by atoms with Gasteiger partial charge < -0.3 is 15.3 Å². The van der Waals surface area contributed by atoms with Crippen LogP contribution in [0.3, 0.4) is 0 Å². The molecule has 2 aliphatic rings. The molecule has 4 heteroatoms. The Labute approximate surface area is 103 Å². The molecular weight excluding hydrogens is 216 g/mol. The van der Waals surface area contributed by atoms with Crippen molar-refractivity contribution in [3.8, 4) is 0 Å². The van der Waals surface area contributed by atoms with Crippen molar-refractivity contribution in [1.82, 2.24) is 10.2 Å². The van der Waals surface area contributed by atoms with Gasteiger partial charge in [-0.25, -0.2) is 4.79 Å². The third-order valence-electron chi connectivity index (χ3n) is 4.32. The number of hydrogen-bond acceptors (Lipinski definition) is 2. The molecule has 2 amide bonds. The van der Waals surface area contributed by atoms with Crippen LogP contribution in [0.4, 0.5) is 4.79 Å². The number of aliphatic hydroxyl groups is 1. The van der Waals surface area contributed by atoms with E-state index in [2.05, 4.69) is 5.32 Å². The van der Waals surface area contributed by atoms with E-state index in [4.69, 9.17) is 0 Å². The third-order valence-corrected chi connectivity index (χ3v) is 4.32. The zero-order valence-corrected chi connectivity index (χ0v) is 10.9. The number of likely N-dealkylation sites (tertiary alicyclic amines) is 1. The highest BCUT2D eigenvalue weighted by Crippen LogP contribution is 2.29. The third kappa shape index (κ3) is 2.57. The number of nitrogens with one attached hydrogen (secondary N) is 1. The van der Waals surface area contributed by atoms with Crippen LogP contribution in [0.15, 0.2) is 0 Å². The van der Waals surface area contributed by atoms with E-state index in [0.29, 0.717) is 19.0 Å². The Morgan fingerprint density at radius 2 is 1.88 bits per heavy atom. The average Bonchev–Trinajstić information content (AvgIpc) is 2.55. The van der Waals surface area contributed by atoms with Crippen molar-refractivity contribution in [2.45, 2.75) is 70.1 Å². The zero-order valence-electron chi connectivity index (χ0n) is 10.9. The number of carbonyl (C=O) groups is 1. The summed E-state index contributed by atoms with van der Waals surface area (Å²) in [4.78, 5) is 14.0. The smallest absolute Gasteiger partial charge is 0.318 e. The molecule has 4 nitrogen and oxygen atoms in total. The Kier molecular flexibility index (Phi) is 3.61. The summed E-state index contributed by atoms with van der Waals surface area (Å²) in [5.74, 6) is 0. The largest absolute Gasteiger partial charge is 0.391 e. The van der Waals surface area contributed by atoms with Crippen molar-refractivity contribution in [3.63, 3.8) is 0 Å². The van der Waals surface area contributed by atoms with E-state index < -0.39 is 11.6 Å². The maximum atomic E-state index is 12.2. The average molecular weight is 240 g/mol. The van der Waals surface area contributed by atoms with Gasteiger partial charge in [-0.05, 0) is 33.1 Å². The second kappa shape index (κ2) is 4.84. The highest BCUT2D eigenvalue weighted by atomic mass is 16.3. The highest BCUT2D eigenvalue weighted by molar-refractivity contribution is 5.76. The summed E-state index contributed by atoms with van der Waals surface area (Å²) < 4.78 is 0. The molecule has 1 atom stereocenters. The Hall–Kier alpha value is -0.770. The van der Waals surface area contributed by atoms with Gasteiger partial charge in [-0.1, -0.05) is 19.3 Å². The van der Waals surface area contributed by atoms with Gasteiger partial charge in [0.1, 0.15) is 0 Å². The van der Waals surface area contributed by atoms with Gasteiger partial charge in [0, 0.05) is 12.6 Å². The van der Waals surface area contributed by atoms with Gasteiger partial charge in [0.2, 0.25) is 0 Å². The van der Waals surface area contributed by atoms with Crippen molar-refractivity contribution in [2.24, 2.45) is 0 Å². The lowest BCUT2D eigenvalue weighted by atomic mass is 9.95. The van der Waals surface area contributed by atoms with Crippen molar-refractivity contribution in [1.29, 1.82) is 0 Å². The molecule has 1 heterocycles. The molecule has 17 heavy (non-hydrogen) atoms. The summed E-state index contributed by atoms with van der Waals surface area (Å²) in [5, 5.41) is 13.0. The number of rotatable bonds is 1. The Balaban J connectivity index is 1.91. The van der Waals surface area contributed by atoms with E-state index in [-0.39, 0.29) is 6.03 Å². The molecule has 0 spiro atoms. The number of amides is 2. The van der Waals surface area contributed by atoms with Crippen LogP contribution < -0.4 is 5.32 Å². The summed E-state index contributed by atoms with van der Waals surface area (Å²) in [5.41, 5.74) is -0.432. The second-order valence-electron chi connectivity index (χ2n) is 5.89. The van der Waals surface area contributed by atoms with Gasteiger partial charge in [0.15, 0.2) is 0 Å². The number of nitrogens with zero attached hydrogens (tertiary/aromatic N) is 1. The molecule has 98 valence electrons. The standard InChI is InChI=1S/C13H24N2O2/c1-13(2)11(16)8-9-15(13)12(17)14-10-6-4-3-5-7-10/h10-11,16H,3-9H2,1-2H3,(H,14,17). The fraction of sp³-hybridized carbons (Fsp3) is 0.923. The van der Waals surface area contributed by atoms with Crippen LogP contribution in [-0.4, -0.2) is 40.3 Å². The lowest BCUT2D eigenvalue weighted by Gasteiger charge is -2.35. The van der Waals surface area contributed by atoms with Crippen molar-refractivity contribution < 1.29 is 9.90 Å². The van der Waals surface area contributed by atoms with E-state index in [1.54, 1.807) is 4.90 Å². The van der Waals surface area contributed by atoms with Gasteiger partial charge in [0.25, 0.3) is 0 Å². The molecule has 1 saturated carbocycles. The molecule has 2 N–H and O–H groups in total. The van der Waals surface area contributed by atoms with Crippen LogP contribution >= 0.6 is 0 Å². The van der Waals surface area contributed by atoms with Gasteiger partial charge in [-0.15, -0.1) is 0 Å². The highest BCUT2D eigenvalue weighted by Gasteiger charge is 2.43. The zero-order chi connectivity index (χ0) is 12.5. The molecule has 0 aromatic heterocycles. The van der Waals surface area contributed by atoms with Crippen LogP contribution in [0, 0.1) is 0 Å². The molecule has 0 aromatic rings. The first-order valence-corrected chi connectivity index (χ1v) is 6.78. The summed E-state index contributed by atoms with van der Waals surface area (Å²) >= 11 is 0. The summed E-state index contributed by atoms with van der Waals surface area (Å²) in [7, 11) is 0. The van der Waals surface area contributed by atoms with Crippen LogP contribution in [-0.2, 0) is 0 Å². The molecule has 2 fully saturated rings. The summed E-state index contributed by atoms with van der Waals surface area (Å²) in [6.45, 7) is 4.53. The van der Waals surface area contributed by atoms with Gasteiger partial charge in [0.05, 0.1) is 11.6 Å². The minimum atomic E-state index is -0.432. The lowest BCUT2D eigenvalue weighted by Crippen LogP contribution is -2.53. The van der Waals surface area contributed by atoms with Crippen LogP contribution in [0.1, 0.15) is 52.4 Å². The van der Waals surface area contributed by atoms with Gasteiger partial charge in [-0.2, -0.15) is 0 Å². The van der Waals surface area contributed by atoms with Crippen LogP contribution in [0.25, 0.3) is 0 Å². The topological polar surface area (TPSA) is 52.6 Å². The molecule has 0 aromatic carbocycles. The van der Waals surface area contributed by atoms with Gasteiger partial charge >= 0.3 is 6.03 Å². The summed E-state index contributed by atoms with van der Waals surface area (Å²) in [6.07, 6.45) is 6.21. The molecule has 0 radical (unpaired) electrons. The first kappa shape index (κ1) is 12.7. The van der Waals surface area contributed by atoms with Crippen molar-refractivity contribution >= 4 is 6.03 Å². The van der Waals surface area contributed by atoms with Gasteiger partial charge in [-0.3, -0.25) is 0 Å². The number of urea groups is 1. The number of carbonyl (C=O) groups excluding carboxylic acids is 1. The SMILES string of the molecule is CC1(C)C(O)CCN1C(=O)NC1CCCCC1. The molecule has 0 bridgehead atoms. The Bertz CT molecular complexity index is 285. The molecule has 1 aliphatic carbocycles. The predicted octanol–water partition coefficient (Wildman–Crippen LogP) is 1.87. The van der Waals surface area contributed by atoms with E-state index in [1.807, 2.05) is 13.8 Å². The maximum Gasteiger partial charge on any atom is 0.318 e. The fourth-order valence-electron chi connectivity index (χ4n) is 2.94. The second-order valence-corrected chi connectivity index (χ2v) is 5.89. The van der Waals surface area contributed by atoms with E-state index in [1.165, 1.54) is 19.3 Å². The Morgan fingerprint density at radius 1 is 1.24 bits per heavy atom. The van der Waals surface area contributed by atoms with Crippen molar-refractivity contribution in [2.75, 3.05) is 6.54 Å². The molecule has 1 saturated heterocycles. The molecular formula is C13H24N2O2. The van der Waals surface area contributed by atoms with E-state index in [9.17, 15) is 9.90 Å². The van der Waals surface area contributed by atoms with Crippen LogP contribution in [0.2, 0.25) is 0 Å². The quantitative estimate of drug-likeness (QED) is 0.735. The van der Waals surface area contributed by atoms with Crippen molar-refractivity contribution in [3.05, 3.63) is 0 Å². The molecule has 2 rings (SSSR count). The summed E-state index contributed by atoms with van der Waals surface area (Å²) in [6, 6.07) is 0.336. The predicted molar refractivity (Wildman–Crippen MR) is 66.8 cm³/mol. The molecule has 1 aliphatic heterocycles. The monoisotopic (exact) mass is 240 g/mol. The molecule has 1 unspecified atom stereocenters. The fourth-order valence-corrected chi connectivity index (χ4v) is 2.94. The number of aliphatic hydroxyl groups excluding tert-OH is 1. The lowest BCUT2D eigenvalue weighted by molar-refractivity contribution is 0.0684. The normalized spacial score (nSPS) is 29.4. The minimum Gasteiger partial charge on any atom is -0.391 e.